The van der Waals surface area contributed by atoms with Gasteiger partial charge in [-0.3, -0.25) is 9.59 Å². The Morgan fingerprint density at radius 3 is 1.62 bits per heavy atom. The van der Waals surface area contributed by atoms with Crippen molar-refractivity contribution in [2.75, 3.05) is 35.5 Å². The van der Waals surface area contributed by atoms with Gasteiger partial charge in [0.1, 0.15) is 22.8 Å². The molecule has 0 aromatic heterocycles. The fourth-order valence-corrected chi connectivity index (χ4v) is 3.77. The van der Waals surface area contributed by atoms with Crippen molar-refractivity contribution in [3.8, 4) is 28.7 Å². The van der Waals surface area contributed by atoms with Crippen molar-refractivity contribution in [2.45, 2.75) is 6.92 Å². The van der Waals surface area contributed by atoms with Crippen LogP contribution in [0.5, 0.6) is 28.7 Å². The zero-order chi connectivity index (χ0) is 26.9. The lowest BCUT2D eigenvalue weighted by atomic mass is 10.0. The highest BCUT2D eigenvalue weighted by Gasteiger charge is 2.16. The van der Waals surface area contributed by atoms with Crippen LogP contribution in [-0.2, 0) is 0 Å². The van der Waals surface area contributed by atoms with E-state index in [2.05, 4.69) is 0 Å². The van der Waals surface area contributed by atoms with E-state index in [1.807, 2.05) is 24.3 Å². The fraction of sp³-hybridized carbons (Fsp3) is 0.200. The molecule has 0 heterocycles. The second kappa shape index (κ2) is 12.4. The number of hydrogen-bond acceptors (Lipinski definition) is 7. The first kappa shape index (κ1) is 27.1. The summed E-state index contributed by atoms with van der Waals surface area (Å²) in [7, 11) is 7.68. The maximum atomic E-state index is 12.8. The van der Waals surface area contributed by atoms with E-state index in [4.69, 9.17) is 23.7 Å². The largest absolute Gasteiger partial charge is 0.496 e. The van der Waals surface area contributed by atoms with Crippen molar-refractivity contribution in [2.24, 2.45) is 0 Å². The van der Waals surface area contributed by atoms with Gasteiger partial charge in [0.05, 0.1) is 35.5 Å². The molecule has 0 radical (unpaired) electrons. The topological polar surface area (TPSA) is 80.3 Å². The van der Waals surface area contributed by atoms with Crippen molar-refractivity contribution in [1.29, 1.82) is 0 Å². The lowest BCUT2D eigenvalue weighted by Crippen LogP contribution is -2.02. The Kier molecular flexibility index (Phi) is 9.11. The maximum Gasteiger partial charge on any atom is 0.185 e. The van der Waals surface area contributed by atoms with E-state index in [-0.39, 0.29) is 11.6 Å². The second-order valence-corrected chi connectivity index (χ2v) is 7.96. The van der Waals surface area contributed by atoms with Crippen LogP contribution in [0.3, 0.4) is 0 Å². The number of carbonyl (C=O) groups is 2. The van der Waals surface area contributed by atoms with Crippen LogP contribution in [0.15, 0.2) is 54.6 Å². The predicted molar refractivity (Wildman–Crippen MR) is 144 cm³/mol. The summed E-state index contributed by atoms with van der Waals surface area (Å²) in [4.78, 5) is 24.7. The average Bonchev–Trinajstić information content (AvgIpc) is 2.93. The molecule has 0 bridgehead atoms. The summed E-state index contributed by atoms with van der Waals surface area (Å²) in [6.07, 6.45) is 6.96. The molecule has 0 atom stereocenters. The Labute approximate surface area is 216 Å². The van der Waals surface area contributed by atoms with Crippen LogP contribution >= 0.6 is 0 Å². The third-order valence-electron chi connectivity index (χ3n) is 5.69. The van der Waals surface area contributed by atoms with E-state index in [9.17, 15) is 9.59 Å². The normalized spacial score (nSPS) is 11.0. The summed E-state index contributed by atoms with van der Waals surface area (Å²) in [5, 5.41) is 0. The van der Waals surface area contributed by atoms with E-state index in [1.54, 1.807) is 63.8 Å². The Hall–Kier alpha value is -4.52. The smallest absolute Gasteiger partial charge is 0.185 e. The Balaban J connectivity index is 1.78. The third kappa shape index (κ3) is 6.38. The summed E-state index contributed by atoms with van der Waals surface area (Å²) in [6.45, 7) is 1.47. The van der Waals surface area contributed by atoms with Gasteiger partial charge in [0.25, 0.3) is 0 Å². The van der Waals surface area contributed by atoms with E-state index >= 15 is 0 Å². The molecule has 3 aromatic rings. The number of ether oxygens (including phenoxy) is 5. The Bertz CT molecular complexity index is 1310. The zero-order valence-corrected chi connectivity index (χ0v) is 21.8. The Morgan fingerprint density at radius 2 is 1.11 bits per heavy atom. The molecular formula is C30H30O7. The molecule has 0 aliphatic carbocycles. The van der Waals surface area contributed by atoms with Gasteiger partial charge in [0.2, 0.25) is 0 Å². The maximum absolute atomic E-state index is 12.8. The molecular weight excluding hydrogens is 472 g/mol. The highest BCUT2D eigenvalue weighted by atomic mass is 16.5. The van der Waals surface area contributed by atoms with Crippen molar-refractivity contribution in [3.05, 3.63) is 82.4 Å². The summed E-state index contributed by atoms with van der Waals surface area (Å²) in [5.41, 5.74) is 3.35. The van der Waals surface area contributed by atoms with Gasteiger partial charge in [0, 0.05) is 17.2 Å². The minimum Gasteiger partial charge on any atom is -0.496 e. The lowest BCUT2D eigenvalue weighted by Gasteiger charge is -2.12. The highest BCUT2D eigenvalue weighted by Crippen LogP contribution is 2.35. The molecule has 3 aromatic carbocycles. The van der Waals surface area contributed by atoms with Crippen LogP contribution < -0.4 is 23.7 Å². The van der Waals surface area contributed by atoms with Gasteiger partial charge in [-0.2, -0.15) is 0 Å². The first-order chi connectivity index (χ1) is 17.8. The van der Waals surface area contributed by atoms with E-state index in [0.717, 1.165) is 11.1 Å². The SMILES string of the molecule is COc1cc(OC)c(OC)cc1/C=C/C(=O)c1ccc(/C=C/c2cc(OC)c(C(C)=O)c(OC)c2)cc1. The zero-order valence-electron chi connectivity index (χ0n) is 21.8. The molecule has 37 heavy (non-hydrogen) atoms. The number of ketones is 2. The number of methoxy groups -OCH3 is 5. The number of carbonyl (C=O) groups excluding carboxylic acids is 2. The molecule has 0 amide bonds. The number of allylic oxidation sites excluding steroid dienone is 1. The van der Waals surface area contributed by atoms with Crippen LogP contribution in [-0.4, -0.2) is 47.1 Å². The van der Waals surface area contributed by atoms with Gasteiger partial charge in [-0.05, 0) is 48.4 Å². The summed E-state index contributed by atoms with van der Waals surface area (Å²) in [6, 6.07) is 14.3. The average molecular weight is 503 g/mol. The summed E-state index contributed by atoms with van der Waals surface area (Å²) >= 11 is 0. The van der Waals surface area contributed by atoms with Crippen LogP contribution in [0.4, 0.5) is 0 Å². The molecule has 0 saturated carbocycles. The first-order valence-electron chi connectivity index (χ1n) is 11.4. The number of Topliss-reactive ketones (excluding diaryl/α,β-unsaturated/α-hetero) is 1. The molecule has 0 fully saturated rings. The molecule has 0 spiro atoms. The molecule has 0 unspecified atom stereocenters. The monoisotopic (exact) mass is 502 g/mol. The number of rotatable bonds is 11. The van der Waals surface area contributed by atoms with Crippen LogP contribution in [0.1, 0.15) is 44.3 Å². The van der Waals surface area contributed by atoms with Gasteiger partial charge < -0.3 is 23.7 Å². The number of hydrogen-bond donors (Lipinski definition) is 0. The molecule has 0 aliphatic heterocycles. The van der Waals surface area contributed by atoms with Crippen LogP contribution in [0, 0.1) is 0 Å². The van der Waals surface area contributed by atoms with E-state index in [0.29, 0.717) is 45.4 Å². The van der Waals surface area contributed by atoms with E-state index < -0.39 is 0 Å². The lowest BCUT2D eigenvalue weighted by molar-refractivity contribution is 0.101. The minimum absolute atomic E-state index is 0.136. The standard InChI is InChI=1S/C30H30O7/c1-19(31)30-28(36-5)15-21(16-29(30)37-6)8-7-20-9-11-22(12-10-20)24(32)14-13-23-17-26(34-3)27(35-4)18-25(23)33-2/h7-18H,1-6H3/b8-7+,14-13+. The summed E-state index contributed by atoms with van der Waals surface area (Å²) < 4.78 is 26.8. The van der Waals surface area contributed by atoms with Crippen molar-refractivity contribution in [1.82, 2.24) is 0 Å². The second-order valence-electron chi connectivity index (χ2n) is 7.96. The molecule has 0 saturated heterocycles. The molecule has 7 nitrogen and oxygen atoms in total. The van der Waals surface area contributed by atoms with Crippen molar-refractivity contribution < 1.29 is 33.3 Å². The van der Waals surface area contributed by atoms with Gasteiger partial charge in [0.15, 0.2) is 23.1 Å². The number of benzene rings is 3. The summed E-state index contributed by atoms with van der Waals surface area (Å²) in [5.74, 6) is 2.25. The van der Waals surface area contributed by atoms with Crippen molar-refractivity contribution >= 4 is 29.8 Å². The van der Waals surface area contributed by atoms with Gasteiger partial charge in [-0.1, -0.05) is 36.4 Å². The highest BCUT2D eigenvalue weighted by molar-refractivity contribution is 6.07. The fourth-order valence-electron chi connectivity index (χ4n) is 3.77. The molecule has 0 N–H and O–H groups in total. The van der Waals surface area contributed by atoms with Crippen molar-refractivity contribution in [3.63, 3.8) is 0 Å². The van der Waals surface area contributed by atoms with Gasteiger partial charge in [-0.25, -0.2) is 0 Å². The Morgan fingerprint density at radius 1 is 0.595 bits per heavy atom. The van der Waals surface area contributed by atoms with Gasteiger partial charge in [-0.15, -0.1) is 0 Å². The van der Waals surface area contributed by atoms with Gasteiger partial charge >= 0.3 is 0 Å². The minimum atomic E-state index is -0.151. The molecule has 3 rings (SSSR count). The molecule has 7 heteroatoms. The molecule has 0 aliphatic rings. The predicted octanol–water partition coefficient (Wildman–Crippen LogP) is 6.00. The first-order valence-corrected chi connectivity index (χ1v) is 11.4. The quantitative estimate of drug-likeness (QED) is 0.181. The third-order valence-corrected chi connectivity index (χ3v) is 5.69. The van der Waals surface area contributed by atoms with Crippen LogP contribution in [0.2, 0.25) is 0 Å². The molecule has 192 valence electrons. The van der Waals surface area contributed by atoms with E-state index in [1.165, 1.54) is 27.2 Å². The van der Waals surface area contributed by atoms with Crippen LogP contribution in [0.25, 0.3) is 18.2 Å².